The lowest BCUT2D eigenvalue weighted by atomic mass is 9.99. The standard InChI is InChI=1S/C28H25ClN6O3/c1-28(10-5-13-34(28)2)11-9-19-14-24-22(16-25(19)35(36)37)27(32-18-31-24)33-20-7-8-26(23(29)15-20)38-17-21-6-3-4-12-30-21/h3-4,6-8,12,14-16,18H,5,10,13,17H2,1-2H3,(H,31,32,33). The smallest absolute Gasteiger partial charge is 0.285 e. The SMILES string of the molecule is CN1CCCC1(C)C#Cc1cc2ncnc(Nc3ccc(OCc4ccccn4)c(Cl)c3)c2cc1[N+](=O)[O-]. The molecule has 1 aliphatic heterocycles. The molecule has 2 aromatic carbocycles. The van der Waals surface area contributed by atoms with E-state index in [1.54, 1.807) is 30.5 Å². The third-order valence-corrected chi connectivity index (χ3v) is 7.01. The van der Waals surface area contributed by atoms with E-state index in [9.17, 15) is 10.1 Å². The quantitative estimate of drug-likeness (QED) is 0.192. The number of ether oxygens (including phenoxy) is 1. The molecule has 0 spiro atoms. The number of pyridine rings is 1. The minimum absolute atomic E-state index is 0.0941. The minimum Gasteiger partial charge on any atom is -0.486 e. The topological polar surface area (TPSA) is 106 Å². The van der Waals surface area contributed by atoms with Gasteiger partial charge in [0.1, 0.15) is 30.1 Å². The number of benzene rings is 2. The van der Waals surface area contributed by atoms with E-state index in [4.69, 9.17) is 16.3 Å². The molecule has 192 valence electrons. The van der Waals surface area contributed by atoms with Crippen molar-refractivity contribution in [2.24, 2.45) is 0 Å². The molecule has 1 unspecified atom stereocenters. The highest BCUT2D eigenvalue weighted by Crippen LogP contribution is 2.33. The molecule has 4 aromatic rings. The summed E-state index contributed by atoms with van der Waals surface area (Å²) >= 11 is 6.45. The molecule has 0 saturated carbocycles. The van der Waals surface area contributed by atoms with Crippen LogP contribution in [0.2, 0.25) is 5.02 Å². The fourth-order valence-electron chi connectivity index (χ4n) is 4.37. The number of aromatic nitrogens is 3. The molecule has 0 aliphatic carbocycles. The van der Waals surface area contributed by atoms with E-state index in [2.05, 4.69) is 43.9 Å². The van der Waals surface area contributed by atoms with Crippen LogP contribution in [0, 0.1) is 22.0 Å². The second kappa shape index (κ2) is 10.6. The first kappa shape index (κ1) is 25.4. The molecule has 0 amide bonds. The number of anilines is 2. The summed E-state index contributed by atoms with van der Waals surface area (Å²) in [7, 11) is 2.02. The summed E-state index contributed by atoms with van der Waals surface area (Å²) in [5, 5.41) is 16.0. The highest BCUT2D eigenvalue weighted by molar-refractivity contribution is 6.32. The van der Waals surface area contributed by atoms with Gasteiger partial charge in [0.2, 0.25) is 0 Å². The van der Waals surface area contributed by atoms with Crippen molar-refractivity contribution in [1.29, 1.82) is 0 Å². The van der Waals surface area contributed by atoms with Gasteiger partial charge in [0.25, 0.3) is 5.69 Å². The van der Waals surface area contributed by atoms with Gasteiger partial charge in [0.15, 0.2) is 0 Å². The Bertz CT molecular complexity index is 1570. The van der Waals surface area contributed by atoms with Crippen LogP contribution in [0.4, 0.5) is 17.2 Å². The summed E-state index contributed by atoms with van der Waals surface area (Å²) in [6.07, 6.45) is 5.08. The number of nitrogens with one attached hydrogen (secondary N) is 1. The molecule has 10 heteroatoms. The van der Waals surface area contributed by atoms with Gasteiger partial charge >= 0.3 is 0 Å². The number of nitrogens with zero attached hydrogens (tertiary/aromatic N) is 5. The van der Waals surface area contributed by atoms with E-state index in [1.807, 2.05) is 25.2 Å². The highest BCUT2D eigenvalue weighted by atomic mass is 35.5. The van der Waals surface area contributed by atoms with E-state index >= 15 is 0 Å². The molecule has 1 atom stereocenters. The summed E-state index contributed by atoms with van der Waals surface area (Å²) in [6, 6.07) is 14.0. The second-order valence-electron chi connectivity index (χ2n) is 9.29. The molecule has 1 fully saturated rings. The fraction of sp³-hybridized carbons (Fsp3) is 0.250. The number of likely N-dealkylation sites (tertiary alicyclic amines) is 1. The fourth-order valence-corrected chi connectivity index (χ4v) is 4.60. The van der Waals surface area contributed by atoms with Crippen LogP contribution in [0.25, 0.3) is 10.9 Å². The third kappa shape index (κ3) is 5.37. The van der Waals surface area contributed by atoms with Gasteiger partial charge < -0.3 is 10.1 Å². The van der Waals surface area contributed by atoms with Crippen molar-refractivity contribution in [3.05, 3.63) is 87.4 Å². The number of nitro benzene ring substituents is 1. The Morgan fingerprint density at radius 2 is 2.08 bits per heavy atom. The van der Waals surface area contributed by atoms with Crippen molar-refractivity contribution >= 4 is 39.7 Å². The zero-order chi connectivity index (χ0) is 26.7. The molecule has 0 bridgehead atoms. The Labute approximate surface area is 225 Å². The van der Waals surface area contributed by atoms with Crippen molar-refractivity contribution in [1.82, 2.24) is 19.9 Å². The molecule has 2 aromatic heterocycles. The van der Waals surface area contributed by atoms with Gasteiger partial charge in [-0.25, -0.2) is 9.97 Å². The molecule has 5 rings (SSSR count). The number of nitro groups is 1. The Kier molecular flexibility index (Phi) is 7.09. The maximum absolute atomic E-state index is 12.0. The van der Waals surface area contributed by atoms with Gasteiger partial charge in [0.05, 0.1) is 26.7 Å². The Morgan fingerprint density at radius 1 is 1.21 bits per heavy atom. The first-order valence-corrected chi connectivity index (χ1v) is 12.5. The molecule has 3 heterocycles. The monoisotopic (exact) mass is 528 g/mol. The van der Waals surface area contributed by atoms with E-state index < -0.39 is 4.92 Å². The molecule has 0 radical (unpaired) electrons. The zero-order valence-corrected chi connectivity index (χ0v) is 21.7. The van der Waals surface area contributed by atoms with Gasteiger partial charge in [-0.1, -0.05) is 29.5 Å². The van der Waals surface area contributed by atoms with Gasteiger partial charge in [-0.15, -0.1) is 0 Å². The van der Waals surface area contributed by atoms with Crippen molar-refractivity contribution in [2.45, 2.75) is 31.9 Å². The van der Waals surface area contributed by atoms with Crippen LogP contribution in [0.1, 0.15) is 31.0 Å². The minimum atomic E-state index is -0.425. The lowest BCUT2D eigenvalue weighted by Crippen LogP contribution is -2.36. The summed E-state index contributed by atoms with van der Waals surface area (Å²) in [4.78, 5) is 26.6. The molecule has 1 aliphatic rings. The van der Waals surface area contributed by atoms with Gasteiger partial charge in [0, 0.05) is 23.3 Å². The van der Waals surface area contributed by atoms with Crippen molar-refractivity contribution in [3.63, 3.8) is 0 Å². The van der Waals surface area contributed by atoms with Gasteiger partial charge in [-0.05, 0) is 69.8 Å². The lowest BCUT2D eigenvalue weighted by Gasteiger charge is -2.26. The Hall–Kier alpha value is -4.26. The first-order valence-electron chi connectivity index (χ1n) is 12.1. The number of hydrogen-bond donors (Lipinski definition) is 1. The Balaban J connectivity index is 1.42. The molecule has 9 nitrogen and oxygen atoms in total. The van der Waals surface area contributed by atoms with E-state index in [1.165, 1.54) is 12.4 Å². The maximum atomic E-state index is 12.0. The Morgan fingerprint density at radius 3 is 2.79 bits per heavy atom. The highest BCUT2D eigenvalue weighted by Gasteiger charge is 2.32. The number of rotatable bonds is 6. The van der Waals surface area contributed by atoms with Crippen LogP contribution in [-0.2, 0) is 6.61 Å². The average Bonchev–Trinajstić information content (AvgIpc) is 3.25. The van der Waals surface area contributed by atoms with Gasteiger partial charge in [-0.2, -0.15) is 0 Å². The molecule has 38 heavy (non-hydrogen) atoms. The maximum Gasteiger partial charge on any atom is 0.285 e. The van der Waals surface area contributed by atoms with Crippen LogP contribution >= 0.6 is 11.6 Å². The average molecular weight is 529 g/mol. The van der Waals surface area contributed by atoms with Crippen molar-refractivity contribution in [2.75, 3.05) is 18.9 Å². The summed E-state index contributed by atoms with van der Waals surface area (Å²) in [6.45, 7) is 3.30. The lowest BCUT2D eigenvalue weighted by molar-refractivity contribution is -0.385. The van der Waals surface area contributed by atoms with E-state index in [0.717, 1.165) is 25.1 Å². The zero-order valence-electron chi connectivity index (χ0n) is 20.9. The predicted octanol–water partition coefficient (Wildman–Crippen LogP) is 5.74. The van der Waals surface area contributed by atoms with Crippen LogP contribution in [-0.4, -0.2) is 43.9 Å². The number of fused-ring (bicyclic) bond motifs is 1. The molecular formula is C28H25ClN6O3. The molecular weight excluding hydrogens is 504 g/mol. The van der Waals surface area contributed by atoms with E-state index in [-0.39, 0.29) is 17.8 Å². The van der Waals surface area contributed by atoms with E-state index in [0.29, 0.717) is 38.7 Å². The molecule has 1 saturated heterocycles. The normalized spacial score (nSPS) is 17.1. The third-order valence-electron chi connectivity index (χ3n) is 6.71. The van der Waals surface area contributed by atoms with Crippen molar-refractivity contribution in [3.8, 4) is 17.6 Å². The summed E-state index contributed by atoms with van der Waals surface area (Å²) in [5.74, 6) is 7.23. The summed E-state index contributed by atoms with van der Waals surface area (Å²) < 4.78 is 5.79. The first-order chi connectivity index (χ1) is 18.3. The largest absolute Gasteiger partial charge is 0.486 e. The summed E-state index contributed by atoms with van der Waals surface area (Å²) in [5.41, 5.74) is 1.89. The van der Waals surface area contributed by atoms with Gasteiger partial charge in [-0.3, -0.25) is 20.0 Å². The second-order valence-corrected chi connectivity index (χ2v) is 9.70. The van der Waals surface area contributed by atoms with Crippen LogP contribution in [0.15, 0.2) is 61.1 Å². The van der Waals surface area contributed by atoms with Crippen LogP contribution in [0.5, 0.6) is 5.75 Å². The predicted molar refractivity (Wildman–Crippen MR) is 147 cm³/mol. The van der Waals surface area contributed by atoms with Crippen LogP contribution < -0.4 is 10.1 Å². The molecule has 1 N–H and O–H groups in total. The van der Waals surface area contributed by atoms with Crippen molar-refractivity contribution < 1.29 is 9.66 Å². The number of hydrogen-bond acceptors (Lipinski definition) is 8. The number of halogens is 1. The van der Waals surface area contributed by atoms with Crippen LogP contribution in [0.3, 0.4) is 0 Å².